The highest BCUT2D eigenvalue weighted by atomic mass is 35.5. The average Bonchev–Trinajstić information content (AvgIpc) is 3.05. The predicted octanol–water partition coefficient (Wildman–Crippen LogP) is 3.98. The van der Waals surface area contributed by atoms with Gasteiger partial charge in [-0.2, -0.15) is 0 Å². The van der Waals surface area contributed by atoms with E-state index in [0.29, 0.717) is 5.02 Å². The largest absolute Gasteiger partial charge is 0.277 e. The molecule has 0 atom stereocenters. The molecule has 0 unspecified atom stereocenters. The molecule has 1 aromatic carbocycles. The Morgan fingerprint density at radius 3 is 3.05 bits per heavy atom. The van der Waals surface area contributed by atoms with Crippen molar-refractivity contribution < 1.29 is 0 Å². The summed E-state index contributed by atoms with van der Waals surface area (Å²) in [4.78, 5) is 4.45. The van der Waals surface area contributed by atoms with Crippen LogP contribution >= 0.6 is 34.7 Å². The fraction of sp³-hybridized carbons (Fsp3) is 0.154. The molecule has 0 saturated heterocycles. The summed E-state index contributed by atoms with van der Waals surface area (Å²) in [6.07, 6.45) is 1.69. The van der Waals surface area contributed by atoms with Crippen LogP contribution in [0.2, 0.25) is 5.02 Å². The molecule has 0 N–H and O–H groups in total. The van der Waals surface area contributed by atoms with Crippen molar-refractivity contribution in [3.63, 3.8) is 0 Å². The van der Waals surface area contributed by atoms with E-state index in [0.717, 1.165) is 27.3 Å². The van der Waals surface area contributed by atoms with Crippen molar-refractivity contribution in [1.29, 1.82) is 0 Å². The highest BCUT2D eigenvalue weighted by Crippen LogP contribution is 2.25. The maximum Gasteiger partial charge on any atom is 0.195 e. The molecule has 102 valence electrons. The first-order chi connectivity index (χ1) is 9.72. The van der Waals surface area contributed by atoms with E-state index >= 15 is 0 Å². The molecule has 2 heterocycles. The number of halogens is 1. The van der Waals surface area contributed by atoms with Gasteiger partial charge in [0, 0.05) is 16.2 Å². The summed E-state index contributed by atoms with van der Waals surface area (Å²) in [6, 6.07) is 7.63. The van der Waals surface area contributed by atoms with Crippen molar-refractivity contribution in [2.45, 2.75) is 17.8 Å². The molecule has 0 aliphatic rings. The van der Waals surface area contributed by atoms with Gasteiger partial charge in [-0.05, 0) is 25.1 Å². The minimum atomic E-state index is 0.697. The minimum Gasteiger partial charge on any atom is -0.277 e. The molecule has 0 amide bonds. The van der Waals surface area contributed by atoms with Gasteiger partial charge in [0.05, 0.1) is 16.4 Å². The molecule has 3 rings (SSSR count). The zero-order valence-corrected chi connectivity index (χ0v) is 13.0. The third kappa shape index (κ3) is 3.03. The quantitative estimate of drug-likeness (QED) is 0.681. The highest BCUT2D eigenvalue weighted by Gasteiger charge is 2.09. The molecule has 2 aromatic heterocycles. The lowest BCUT2D eigenvalue weighted by Gasteiger charge is -2.05. The molecule has 0 bridgehead atoms. The van der Waals surface area contributed by atoms with Crippen LogP contribution in [0.1, 0.15) is 10.7 Å². The number of rotatable bonds is 4. The lowest BCUT2D eigenvalue weighted by atomic mass is 10.3. The lowest BCUT2D eigenvalue weighted by molar-refractivity contribution is 0.883. The number of nitrogens with zero attached hydrogens (tertiary/aromatic N) is 4. The third-order valence-corrected chi connectivity index (χ3v) is 4.65. The van der Waals surface area contributed by atoms with Gasteiger partial charge in [0.25, 0.3) is 0 Å². The molecule has 0 aliphatic heterocycles. The second-order valence-electron chi connectivity index (χ2n) is 4.11. The second kappa shape index (κ2) is 5.95. The van der Waals surface area contributed by atoms with E-state index in [2.05, 4.69) is 20.6 Å². The molecular weight excluding hydrogens is 312 g/mol. The predicted molar refractivity (Wildman–Crippen MR) is 82.8 cm³/mol. The molecule has 0 aliphatic carbocycles. The molecule has 7 heteroatoms. The van der Waals surface area contributed by atoms with Crippen LogP contribution in [-0.4, -0.2) is 19.7 Å². The number of thiazole rings is 1. The molecule has 3 aromatic rings. The summed E-state index contributed by atoms with van der Waals surface area (Å²) in [5, 5.41) is 12.8. The molecular formula is C13H11ClN4S2. The van der Waals surface area contributed by atoms with Crippen molar-refractivity contribution in [1.82, 2.24) is 19.7 Å². The minimum absolute atomic E-state index is 0.697. The third-order valence-electron chi connectivity index (χ3n) is 2.62. The van der Waals surface area contributed by atoms with Crippen molar-refractivity contribution >= 4 is 34.7 Å². The topological polar surface area (TPSA) is 43.6 Å². The maximum absolute atomic E-state index is 6.02. The van der Waals surface area contributed by atoms with Crippen LogP contribution in [0.5, 0.6) is 0 Å². The number of aromatic nitrogens is 4. The van der Waals surface area contributed by atoms with Gasteiger partial charge in [0.15, 0.2) is 5.16 Å². The smallest absolute Gasteiger partial charge is 0.195 e. The zero-order valence-electron chi connectivity index (χ0n) is 10.7. The van der Waals surface area contributed by atoms with Crippen molar-refractivity contribution in [2.75, 3.05) is 0 Å². The van der Waals surface area contributed by atoms with Gasteiger partial charge in [-0.3, -0.25) is 4.57 Å². The summed E-state index contributed by atoms with van der Waals surface area (Å²) in [6.45, 7) is 2.01. The Labute approximate surface area is 129 Å². The van der Waals surface area contributed by atoms with Crippen molar-refractivity contribution in [2.24, 2.45) is 0 Å². The Bertz CT molecular complexity index is 722. The van der Waals surface area contributed by atoms with Gasteiger partial charge in [0.1, 0.15) is 6.33 Å². The van der Waals surface area contributed by atoms with E-state index in [4.69, 9.17) is 11.6 Å². The fourth-order valence-corrected chi connectivity index (χ4v) is 3.46. The van der Waals surface area contributed by atoms with Crippen LogP contribution in [0, 0.1) is 6.92 Å². The van der Waals surface area contributed by atoms with E-state index < -0.39 is 0 Å². The Balaban J connectivity index is 1.80. The normalized spacial score (nSPS) is 10.9. The van der Waals surface area contributed by atoms with E-state index in [1.807, 2.05) is 35.8 Å². The highest BCUT2D eigenvalue weighted by molar-refractivity contribution is 7.98. The number of aryl methyl sites for hydroxylation is 1. The number of thioether (sulfide) groups is 1. The lowest BCUT2D eigenvalue weighted by Crippen LogP contribution is -1.95. The summed E-state index contributed by atoms with van der Waals surface area (Å²) >= 11 is 9.29. The van der Waals surface area contributed by atoms with E-state index in [-0.39, 0.29) is 0 Å². The molecule has 0 saturated carbocycles. The van der Waals surface area contributed by atoms with Crippen LogP contribution < -0.4 is 0 Å². The van der Waals surface area contributed by atoms with Crippen LogP contribution in [0.3, 0.4) is 0 Å². The van der Waals surface area contributed by atoms with Crippen LogP contribution in [-0.2, 0) is 5.75 Å². The Morgan fingerprint density at radius 2 is 2.30 bits per heavy atom. The van der Waals surface area contributed by atoms with Crippen LogP contribution in [0.25, 0.3) is 5.69 Å². The number of hydrogen-bond donors (Lipinski definition) is 0. The molecule has 0 spiro atoms. The monoisotopic (exact) mass is 322 g/mol. The van der Waals surface area contributed by atoms with Gasteiger partial charge in [0.2, 0.25) is 0 Å². The Kier molecular flexibility index (Phi) is 4.05. The van der Waals surface area contributed by atoms with Crippen LogP contribution in [0.4, 0.5) is 0 Å². The van der Waals surface area contributed by atoms with Crippen LogP contribution in [0.15, 0.2) is 41.1 Å². The average molecular weight is 323 g/mol. The van der Waals surface area contributed by atoms with Crippen molar-refractivity contribution in [3.05, 3.63) is 51.7 Å². The first-order valence-corrected chi connectivity index (χ1v) is 8.16. The number of benzene rings is 1. The maximum atomic E-state index is 6.02. The van der Waals surface area contributed by atoms with E-state index in [1.165, 1.54) is 0 Å². The number of hydrogen-bond acceptors (Lipinski definition) is 5. The van der Waals surface area contributed by atoms with Gasteiger partial charge in [-0.25, -0.2) is 4.98 Å². The summed E-state index contributed by atoms with van der Waals surface area (Å²) in [5.74, 6) is 0.781. The van der Waals surface area contributed by atoms with Gasteiger partial charge in [-0.1, -0.05) is 29.4 Å². The Morgan fingerprint density at radius 1 is 1.40 bits per heavy atom. The fourth-order valence-electron chi connectivity index (χ4n) is 1.74. The van der Waals surface area contributed by atoms with Gasteiger partial charge in [-0.15, -0.1) is 21.5 Å². The zero-order chi connectivity index (χ0) is 13.9. The molecule has 20 heavy (non-hydrogen) atoms. The Hall–Kier alpha value is -1.37. The van der Waals surface area contributed by atoms with Crippen molar-refractivity contribution in [3.8, 4) is 5.69 Å². The molecule has 0 radical (unpaired) electrons. The van der Waals surface area contributed by atoms with Gasteiger partial charge < -0.3 is 0 Å². The SMILES string of the molecule is Cc1nc(CSc2nncn2-c2cccc(Cl)c2)cs1. The molecule has 0 fully saturated rings. The second-order valence-corrected chi connectivity index (χ2v) is 6.55. The van der Waals surface area contributed by atoms with Gasteiger partial charge >= 0.3 is 0 Å². The molecule has 4 nitrogen and oxygen atoms in total. The summed E-state index contributed by atoms with van der Waals surface area (Å²) in [5.41, 5.74) is 2.03. The summed E-state index contributed by atoms with van der Waals surface area (Å²) in [7, 11) is 0. The van der Waals surface area contributed by atoms with E-state index in [9.17, 15) is 0 Å². The first-order valence-electron chi connectivity index (χ1n) is 5.92. The first kappa shape index (κ1) is 13.6. The van der Waals surface area contributed by atoms with E-state index in [1.54, 1.807) is 29.4 Å². The standard InChI is InChI=1S/C13H11ClN4S2/c1-9-16-11(6-19-9)7-20-13-17-15-8-18(13)12-4-2-3-10(14)5-12/h2-6,8H,7H2,1H3. The summed E-state index contributed by atoms with van der Waals surface area (Å²) < 4.78 is 1.93.